The molecule has 0 spiro atoms. The summed E-state index contributed by atoms with van der Waals surface area (Å²) >= 11 is 8.77. The lowest BCUT2D eigenvalue weighted by Crippen LogP contribution is -2.11. The van der Waals surface area contributed by atoms with E-state index in [4.69, 9.17) is 21.8 Å². The number of hydrogen-bond donors (Lipinski definition) is 1. The van der Waals surface area contributed by atoms with Crippen LogP contribution < -0.4 is 5.73 Å². The zero-order valence-electron chi connectivity index (χ0n) is 8.08. The molecule has 1 heterocycles. The fourth-order valence-electron chi connectivity index (χ4n) is 1.37. The zero-order valence-corrected chi connectivity index (χ0v) is 10.4. The molecule has 5 heteroatoms. The monoisotopic (exact) mass is 303 g/mol. The highest BCUT2D eigenvalue weighted by Gasteiger charge is 2.14. The first-order chi connectivity index (χ1) is 7.58. The maximum atomic E-state index is 13.2. The van der Waals surface area contributed by atoms with Crippen molar-refractivity contribution in [2.45, 2.75) is 6.04 Å². The van der Waals surface area contributed by atoms with Crippen molar-refractivity contribution in [3.05, 3.63) is 57.2 Å². The molecule has 2 rings (SSSR count). The molecule has 1 aromatic carbocycles. The van der Waals surface area contributed by atoms with Gasteiger partial charge in [0.1, 0.15) is 11.6 Å². The van der Waals surface area contributed by atoms with Crippen molar-refractivity contribution in [3.63, 3.8) is 0 Å². The van der Waals surface area contributed by atoms with Crippen LogP contribution in [0.15, 0.2) is 39.4 Å². The summed E-state index contributed by atoms with van der Waals surface area (Å²) in [6, 6.07) is 7.43. The van der Waals surface area contributed by atoms with Crippen molar-refractivity contribution in [2.24, 2.45) is 5.73 Å². The van der Waals surface area contributed by atoms with Crippen molar-refractivity contribution in [3.8, 4) is 0 Å². The van der Waals surface area contributed by atoms with Gasteiger partial charge in [-0.2, -0.15) is 0 Å². The molecular formula is C11H8BrClFNO. The zero-order chi connectivity index (χ0) is 11.7. The Bertz CT molecular complexity index is 514. The molecule has 84 valence electrons. The topological polar surface area (TPSA) is 39.2 Å². The Morgan fingerprint density at radius 3 is 2.62 bits per heavy atom. The second-order valence-corrected chi connectivity index (χ2v) is 4.48. The minimum atomic E-state index is -0.502. The van der Waals surface area contributed by atoms with Gasteiger partial charge in [0, 0.05) is 0 Å². The SMILES string of the molecule is NC(c1ccc(Cl)c(F)c1)c1ccc(Br)o1. The highest BCUT2D eigenvalue weighted by Crippen LogP contribution is 2.26. The summed E-state index contributed by atoms with van der Waals surface area (Å²) in [5.41, 5.74) is 6.54. The van der Waals surface area contributed by atoms with Gasteiger partial charge in [0.2, 0.25) is 0 Å². The molecule has 0 aliphatic carbocycles. The van der Waals surface area contributed by atoms with E-state index in [9.17, 15) is 4.39 Å². The normalized spacial score (nSPS) is 12.8. The standard InChI is InChI=1S/C11H8BrClFNO/c12-10-4-3-9(16-10)11(15)6-1-2-7(13)8(14)5-6/h1-5,11H,15H2. The molecule has 0 saturated heterocycles. The highest BCUT2D eigenvalue weighted by atomic mass is 79.9. The Kier molecular flexibility index (Phi) is 3.33. The van der Waals surface area contributed by atoms with E-state index in [0.29, 0.717) is 16.0 Å². The third-order valence-electron chi connectivity index (χ3n) is 2.20. The molecular weight excluding hydrogens is 296 g/mol. The number of benzene rings is 1. The van der Waals surface area contributed by atoms with Crippen molar-refractivity contribution < 1.29 is 8.81 Å². The van der Waals surface area contributed by atoms with Gasteiger partial charge < -0.3 is 10.2 Å². The average Bonchev–Trinajstić information content (AvgIpc) is 2.68. The number of halogens is 3. The molecule has 0 bridgehead atoms. The molecule has 2 nitrogen and oxygen atoms in total. The van der Waals surface area contributed by atoms with Crippen LogP contribution in [0.4, 0.5) is 4.39 Å². The molecule has 16 heavy (non-hydrogen) atoms. The van der Waals surface area contributed by atoms with Crippen LogP contribution in [0.3, 0.4) is 0 Å². The molecule has 2 aromatic rings. The fraction of sp³-hybridized carbons (Fsp3) is 0.0909. The average molecular weight is 305 g/mol. The molecule has 0 aliphatic heterocycles. The molecule has 0 fully saturated rings. The van der Waals surface area contributed by atoms with Crippen molar-refractivity contribution in [2.75, 3.05) is 0 Å². The second kappa shape index (κ2) is 4.57. The highest BCUT2D eigenvalue weighted by molar-refractivity contribution is 9.10. The maximum Gasteiger partial charge on any atom is 0.169 e. The number of nitrogens with two attached hydrogens (primary N) is 1. The summed E-state index contributed by atoms with van der Waals surface area (Å²) in [7, 11) is 0. The van der Waals surface area contributed by atoms with E-state index in [1.165, 1.54) is 12.1 Å². The van der Waals surface area contributed by atoms with Gasteiger partial charge in [-0.25, -0.2) is 4.39 Å². The minimum Gasteiger partial charge on any atom is -0.452 e. The maximum absolute atomic E-state index is 13.2. The summed E-state index contributed by atoms with van der Waals surface area (Å²) in [5.74, 6) is 0.0776. The van der Waals surface area contributed by atoms with E-state index in [-0.39, 0.29) is 5.02 Å². The van der Waals surface area contributed by atoms with Gasteiger partial charge >= 0.3 is 0 Å². The lowest BCUT2D eigenvalue weighted by Gasteiger charge is -2.09. The molecule has 1 unspecified atom stereocenters. The third kappa shape index (κ3) is 2.29. The smallest absolute Gasteiger partial charge is 0.169 e. The molecule has 0 saturated carbocycles. The second-order valence-electron chi connectivity index (χ2n) is 3.29. The summed E-state index contributed by atoms with van der Waals surface area (Å²) in [4.78, 5) is 0. The summed E-state index contributed by atoms with van der Waals surface area (Å²) in [5, 5.41) is 0.0802. The van der Waals surface area contributed by atoms with Gasteiger partial charge in [0.25, 0.3) is 0 Å². The van der Waals surface area contributed by atoms with Gasteiger partial charge in [-0.05, 0) is 45.8 Å². The van der Waals surface area contributed by atoms with Crippen LogP contribution in [-0.2, 0) is 0 Å². The van der Waals surface area contributed by atoms with E-state index in [1.807, 2.05) is 0 Å². The Morgan fingerprint density at radius 1 is 1.31 bits per heavy atom. The van der Waals surface area contributed by atoms with Crippen molar-refractivity contribution in [1.82, 2.24) is 0 Å². The fourth-order valence-corrected chi connectivity index (χ4v) is 1.80. The molecule has 0 aliphatic rings. The largest absolute Gasteiger partial charge is 0.452 e. The van der Waals surface area contributed by atoms with Crippen LogP contribution in [0.1, 0.15) is 17.4 Å². The van der Waals surface area contributed by atoms with Crippen LogP contribution >= 0.6 is 27.5 Å². The van der Waals surface area contributed by atoms with Crippen LogP contribution in [0.5, 0.6) is 0 Å². The Balaban J connectivity index is 2.33. The summed E-state index contributed by atoms with van der Waals surface area (Å²) in [6.45, 7) is 0. The van der Waals surface area contributed by atoms with Gasteiger partial charge in [-0.3, -0.25) is 0 Å². The predicted molar refractivity (Wildman–Crippen MR) is 63.8 cm³/mol. The van der Waals surface area contributed by atoms with Gasteiger partial charge in [-0.1, -0.05) is 17.7 Å². The number of rotatable bonds is 2. The Labute approximate surface area is 105 Å². The first-order valence-electron chi connectivity index (χ1n) is 4.53. The quantitative estimate of drug-likeness (QED) is 0.914. The summed E-state index contributed by atoms with van der Waals surface area (Å²) < 4.78 is 19.1. The van der Waals surface area contributed by atoms with Crippen LogP contribution in [-0.4, -0.2) is 0 Å². The van der Waals surface area contributed by atoms with Crippen LogP contribution in [0.25, 0.3) is 0 Å². The number of furan rings is 1. The molecule has 0 radical (unpaired) electrons. The third-order valence-corrected chi connectivity index (χ3v) is 2.94. The summed E-state index contributed by atoms with van der Waals surface area (Å²) in [6.07, 6.45) is 0. The first kappa shape index (κ1) is 11.6. The minimum absolute atomic E-state index is 0.0802. The van der Waals surface area contributed by atoms with E-state index < -0.39 is 11.9 Å². The number of hydrogen-bond acceptors (Lipinski definition) is 2. The van der Waals surface area contributed by atoms with Gasteiger partial charge in [-0.15, -0.1) is 0 Å². The Morgan fingerprint density at radius 2 is 2.06 bits per heavy atom. The molecule has 2 N–H and O–H groups in total. The lowest BCUT2D eigenvalue weighted by molar-refractivity contribution is 0.469. The Hall–Kier alpha value is -0.840. The van der Waals surface area contributed by atoms with Crippen molar-refractivity contribution in [1.29, 1.82) is 0 Å². The molecule has 1 aromatic heterocycles. The van der Waals surface area contributed by atoms with Crippen LogP contribution in [0.2, 0.25) is 5.02 Å². The van der Waals surface area contributed by atoms with Crippen molar-refractivity contribution >= 4 is 27.5 Å². The van der Waals surface area contributed by atoms with E-state index in [1.54, 1.807) is 18.2 Å². The van der Waals surface area contributed by atoms with Gasteiger partial charge in [0.15, 0.2) is 4.67 Å². The van der Waals surface area contributed by atoms with E-state index >= 15 is 0 Å². The van der Waals surface area contributed by atoms with E-state index in [0.717, 1.165) is 0 Å². The van der Waals surface area contributed by atoms with E-state index in [2.05, 4.69) is 15.9 Å². The lowest BCUT2D eigenvalue weighted by atomic mass is 10.1. The van der Waals surface area contributed by atoms with Crippen LogP contribution in [0, 0.1) is 5.82 Å². The van der Waals surface area contributed by atoms with Gasteiger partial charge in [0.05, 0.1) is 11.1 Å². The molecule has 0 amide bonds. The first-order valence-corrected chi connectivity index (χ1v) is 5.71. The molecule has 1 atom stereocenters. The predicted octanol–water partition coefficient (Wildman–Crippen LogP) is 3.88.